The molecule has 142 valence electrons. The van der Waals surface area contributed by atoms with E-state index >= 15 is 0 Å². The van der Waals surface area contributed by atoms with E-state index in [1.807, 2.05) is 12.3 Å². The summed E-state index contributed by atoms with van der Waals surface area (Å²) in [5.74, 6) is 3.18. The lowest BCUT2D eigenvalue weighted by atomic mass is 9.91. The second kappa shape index (κ2) is 8.16. The van der Waals surface area contributed by atoms with Gasteiger partial charge in [0.25, 0.3) is 0 Å². The Kier molecular flexibility index (Phi) is 5.47. The van der Waals surface area contributed by atoms with E-state index in [-0.39, 0.29) is 0 Å². The summed E-state index contributed by atoms with van der Waals surface area (Å²) in [4.78, 5) is 6.81. The van der Waals surface area contributed by atoms with Crippen LogP contribution in [0.25, 0.3) is 10.9 Å². The lowest BCUT2D eigenvalue weighted by Crippen LogP contribution is -2.28. The second-order valence-electron chi connectivity index (χ2n) is 8.06. The summed E-state index contributed by atoms with van der Waals surface area (Å²) < 4.78 is 6.20. The minimum Gasteiger partial charge on any atom is -0.445 e. The third kappa shape index (κ3) is 4.18. The third-order valence-corrected chi connectivity index (χ3v) is 5.99. The molecule has 0 bridgehead atoms. The molecule has 0 amide bonds. The van der Waals surface area contributed by atoms with Gasteiger partial charge >= 0.3 is 0 Å². The number of piperidine rings is 1. The first kappa shape index (κ1) is 18.1. The van der Waals surface area contributed by atoms with Crippen LogP contribution < -0.4 is 4.90 Å². The highest BCUT2D eigenvalue weighted by molar-refractivity contribution is 5.79. The third-order valence-electron chi connectivity index (χ3n) is 5.99. The first-order valence-electron chi connectivity index (χ1n) is 10.4. The average Bonchev–Trinajstić information content (AvgIpc) is 3.22. The van der Waals surface area contributed by atoms with E-state index in [9.17, 15) is 0 Å². The van der Waals surface area contributed by atoms with Crippen LogP contribution in [0, 0.1) is 0 Å². The van der Waals surface area contributed by atoms with Gasteiger partial charge in [-0.3, -0.25) is 4.98 Å². The quantitative estimate of drug-likeness (QED) is 0.501. The number of hydrogen-bond acceptors (Lipinski definition) is 3. The minimum atomic E-state index is 0.452. The van der Waals surface area contributed by atoms with Gasteiger partial charge in [0.05, 0.1) is 5.52 Å². The summed E-state index contributed by atoms with van der Waals surface area (Å²) in [6, 6.07) is 15.2. The van der Waals surface area contributed by atoms with Crippen LogP contribution in [0.2, 0.25) is 0 Å². The molecule has 3 heterocycles. The Morgan fingerprint density at radius 3 is 2.63 bits per heavy atom. The molecule has 3 aromatic rings. The highest BCUT2D eigenvalue weighted by atomic mass is 16.4. The first-order valence-corrected chi connectivity index (χ1v) is 10.4. The number of furan rings is 1. The maximum Gasteiger partial charge on any atom is 0.195 e. The van der Waals surface area contributed by atoms with Gasteiger partial charge in [-0.25, -0.2) is 0 Å². The van der Waals surface area contributed by atoms with Crippen molar-refractivity contribution in [2.45, 2.75) is 57.8 Å². The van der Waals surface area contributed by atoms with E-state index in [1.165, 1.54) is 30.2 Å². The van der Waals surface area contributed by atoms with Crippen LogP contribution in [0.1, 0.15) is 69.1 Å². The molecular formula is C24H30N2O. The summed E-state index contributed by atoms with van der Waals surface area (Å²) in [5, 5.41) is 1.23. The molecule has 1 fully saturated rings. The molecule has 0 radical (unpaired) electrons. The molecule has 2 unspecified atom stereocenters. The zero-order valence-electron chi connectivity index (χ0n) is 16.5. The number of nitrogens with zero attached hydrogens (tertiary/aromatic N) is 2. The smallest absolute Gasteiger partial charge is 0.195 e. The molecule has 2 aromatic heterocycles. The molecule has 0 saturated carbocycles. The van der Waals surface area contributed by atoms with Gasteiger partial charge in [-0.2, -0.15) is 0 Å². The summed E-state index contributed by atoms with van der Waals surface area (Å²) in [7, 11) is 0. The fourth-order valence-electron chi connectivity index (χ4n) is 4.10. The standard InChI is InChI=1S/C24H30N2O/c1-18(20-10-11-22-21(17-20)7-6-14-25-22)8-9-19(2)23-12-13-24(27-23)26-15-4-3-5-16-26/h6-7,10-14,17-19H,3-5,8-9,15-16H2,1-2H3. The van der Waals surface area contributed by atoms with Gasteiger partial charge in [-0.05, 0) is 67.9 Å². The van der Waals surface area contributed by atoms with Gasteiger partial charge in [0.15, 0.2) is 5.88 Å². The van der Waals surface area contributed by atoms with Crippen molar-refractivity contribution < 1.29 is 4.42 Å². The molecule has 1 aliphatic rings. The SMILES string of the molecule is CC(CCC(C)c1ccc(N2CCCCC2)o1)c1ccc2ncccc2c1. The number of hydrogen-bond donors (Lipinski definition) is 0. The molecule has 0 spiro atoms. The Morgan fingerprint density at radius 2 is 1.78 bits per heavy atom. The van der Waals surface area contributed by atoms with Crippen molar-refractivity contribution in [3.05, 3.63) is 60.0 Å². The average molecular weight is 363 g/mol. The van der Waals surface area contributed by atoms with Crippen molar-refractivity contribution in [3.8, 4) is 0 Å². The number of anilines is 1. The minimum absolute atomic E-state index is 0.452. The van der Waals surface area contributed by atoms with Gasteiger partial charge in [0, 0.05) is 36.7 Å². The Hall–Kier alpha value is -2.29. The van der Waals surface area contributed by atoms with Crippen molar-refractivity contribution in [1.82, 2.24) is 4.98 Å². The molecule has 3 nitrogen and oxygen atoms in total. The van der Waals surface area contributed by atoms with Crippen LogP contribution in [0.15, 0.2) is 53.1 Å². The number of benzene rings is 1. The van der Waals surface area contributed by atoms with E-state index in [1.54, 1.807) is 0 Å². The zero-order chi connectivity index (χ0) is 18.6. The van der Waals surface area contributed by atoms with Crippen LogP contribution in [0.4, 0.5) is 5.88 Å². The van der Waals surface area contributed by atoms with E-state index in [0.29, 0.717) is 11.8 Å². The number of fused-ring (bicyclic) bond motifs is 1. The summed E-state index contributed by atoms with van der Waals surface area (Å²) in [5.41, 5.74) is 2.47. The molecule has 0 N–H and O–H groups in total. The molecule has 1 aliphatic heterocycles. The van der Waals surface area contributed by atoms with Gasteiger partial charge < -0.3 is 9.32 Å². The zero-order valence-corrected chi connectivity index (χ0v) is 16.5. The second-order valence-corrected chi connectivity index (χ2v) is 8.06. The van der Waals surface area contributed by atoms with Gasteiger partial charge in [-0.15, -0.1) is 0 Å². The molecule has 4 rings (SSSR count). The summed E-state index contributed by atoms with van der Waals surface area (Å²) >= 11 is 0. The van der Waals surface area contributed by atoms with Crippen molar-refractivity contribution in [2.24, 2.45) is 0 Å². The Bertz CT molecular complexity index is 879. The van der Waals surface area contributed by atoms with Gasteiger partial charge in [0.2, 0.25) is 0 Å². The molecule has 2 atom stereocenters. The molecule has 27 heavy (non-hydrogen) atoms. The van der Waals surface area contributed by atoms with E-state index in [0.717, 1.165) is 43.1 Å². The van der Waals surface area contributed by atoms with Crippen molar-refractivity contribution in [3.63, 3.8) is 0 Å². The number of aromatic nitrogens is 1. The van der Waals surface area contributed by atoms with Crippen LogP contribution >= 0.6 is 0 Å². The fourth-order valence-corrected chi connectivity index (χ4v) is 4.10. The molecular weight excluding hydrogens is 332 g/mol. The highest BCUT2D eigenvalue weighted by Crippen LogP contribution is 2.32. The van der Waals surface area contributed by atoms with Gasteiger partial charge in [-0.1, -0.05) is 26.0 Å². The molecule has 0 aliphatic carbocycles. The lowest BCUT2D eigenvalue weighted by Gasteiger charge is -2.26. The van der Waals surface area contributed by atoms with Crippen LogP contribution in [-0.4, -0.2) is 18.1 Å². The highest BCUT2D eigenvalue weighted by Gasteiger charge is 2.18. The summed E-state index contributed by atoms with van der Waals surface area (Å²) in [6.45, 7) is 6.88. The molecule has 1 saturated heterocycles. The lowest BCUT2D eigenvalue weighted by molar-refractivity contribution is 0.432. The van der Waals surface area contributed by atoms with E-state index < -0.39 is 0 Å². The van der Waals surface area contributed by atoms with Gasteiger partial charge in [0.1, 0.15) is 5.76 Å². The maximum absolute atomic E-state index is 6.20. The first-order chi connectivity index (χ1) is 13.2. The molecule has 1 aromatic carbocycles. The monoisotopic (exact) mass is 362 g/mol. The Morgan fingerprint density at radius 1 is 0.963 bits per heavy atom. The van der Waals surface area contributed by atoms with Crippen LogP contribution in [-0.2, 0) is 0 Å². The predicted octanol–water partition coefficient (Wildman–Crippen LogP) is 6.51. The van der Waals surface area contributed by atoms with Crippen LogP contribution in [0.5, 0.6) is 0 Å². The Labute approximate surface area is 162 Å². The predicted molar refractivity (Wildman–Crippen MR) is 113 cm³/mol. The normalized spacial score (nSPS) is 17.2. The maximum atomic E-state index is 6.20. The fraction of sp³-hybridized carbons (Fsp3) is 0.458. The topological polar surface area (TPSA) is 29.3 Å². The van der Waals surface area contributed by atoms with Crippen molar-refractivity contribution >= 4 is 16.8 Å². The van der Waals surface area contributed by atoms with E-state index in [4.69, 9.17) is 4.42 Å². The van der Waals surface area contributed by atoms with Crippen molar-refractivity contribution in [2.75, 3.05) is 18.0 Å². The number of rotatable bonds is 6. The van der Waals surface area contributed by atoms with E-state index in [2.05, 4.69) is 60.1 Å². The number of pyridine rings is 1. The summed E-state index contributed by atoms with van der Waals surface area (Å²) in [6.07, 6.45) is 8.07. The largest absolute Gasteiger partial charge is 0.445 e. The van der Waals surface area contributed by atoms with Crippen molar-refractivity contribution in [1.29, 1.82) is 0 Å². The van der Waals surface area contributed by atoms with Crippen LogP contribution in [0.3, 0.4) is 0 Å². The molecule has 3 heteroatoms. The Balaban J connectivity index is 1.36.